The zero-order valence-corrected chi connectivity index (χ0v) is 15.8. The number of carbonyl (C=O) groups is 1. The van der Waals surface area contributed by atoms with Gasteiger partial charge in [-0.2, -0.15) is 4.98 Å². The maximum absolute atomic E-state index is 12.5. The van der Waals surface area contributed by atoms with E-state index in [1.165, 1.54) is 0 Å². The van der Waals surface area contributed by atoms with E-state index < -0.39 is 5.54 Å². The Morgan fingerprint density at radius 3 is 2.42 bits per heavy atom. The molecule has 2 rings (SSSR count). The van der Waals surface area contributed by atoms with E-state index in [1.54, 1.807) is 0 Å². The van der Waals surface area contributed by atoms with E-state index in [0.29, 0.717) is 24.7 Å². The fourth-order valence-electron chi connectivity index (χ4n) is 3.33. The van der Waals surface area contributed by atoms with Gasteiger partial charge in [-0.05, 0) is 31.3 Å². The Morgan fingerprint density at radius 1 is 1.25 bits per heavy atom. The second kappa shape index (κ2) is 7.64. The molecule has 136 valence electrons. The summed E-state index contributed by atoms with van der Waals surface area (Å²) in [5.74, 6) is 1.34. The van der Waals surface area contributed by atoms with Gasteiger partial charge in [-0.15, -0.1) is 0 Å². The van der Waals surface area contributed by atoms with Crippen LogP contribution in [0.25, 0.3) is 0 Å². The van der Waals surface area contributed by atoms with Gasteiger partial charge in [0.25, 0.3) is 0 Å². The zero-order valence-electron chi connectivity index (χ0n) is 15.8. The molecule has 1 amide bonds. The predicted octanol–water partition coefficient (Wildman–Crippen LogP) is 3.23. The van der Waals surface area contributed by atoms with Crippen molar-refractivity contribution in [1.82, 2.24) is 20.4 Å². The molecule has 1 fully saturated rings. The molecule has 1 heterocycles. The lowest BCUT2D eigenvalue weighted by atomic mass is 9.90. The number of hydrogen-bond acceptors (Lipinski definition) is 5. The summed E-state index contributed by atoms with van der Waals surface area (Å²) < 4.78 is 5.46. The van der Waals surface area contributed by atoms with Gasteiger partial charge in [0.1, 0.15) is 5.54 Å². The second-order valence-corrected chi connectivity index (χ2v) is 8.05. The third-order valence-corrected chi connectivity index (χ3v) is 4.68. The number of amides is 1. The number of carbonyl (C=O) groups excluding carboxylic acids is 1. The lowest BCUT2D eigenvalue weighted by Crippen LogP contribution is -2.45. The minimum absolute atomic E-state index is 0.0327. The Bertz CT molecular complexity index is 537. The number of aromatic nitrogens is 2. The molecule has 1 aliphatic rings. The van der Waals surface area contributed by atoms with Gasteiger partial charge in [0.15, 0.2) is 5.82 Å². The van der Waals surface area contributed by atoms with E-state index in [1.807, 2.05) is 0 Å². The summed E-state index contributed by atoms with van der Waals surface area (Å²) >= 11 is 0. The maximum Gasteiger partial charge on any atom is 0.240 e. The van der Waals surface area contributed by atoms with Crippen molar-refractivity contribution in [3.05, 3.63) is 11.7 Å². The van der Waals surface area contributed by atoms with Crippen molar-refractivity contribution in [2.75, 3.05) is 13.1 Å². The molecule has 24 heavy (non-hydrogen) atoms. The van der Waals surface area contributed by atoms with Crippen LogP contribution in [0.1, 0.15) is 78.4 Å². The van der Waals surface area contributed by atoms with Crippen molar-refractivity contribution in [3.63, 3.8) is 0 Å². The van der Waals surface area contributed by atoms with E-state index in [2.05, 4.69) is 55.0 Å². The summed E-state index contributed by atoms with van der Waals surface area (Å²) in [5.41, 5.74) is -0.484. The summed E-state index contributed by atoms with van der Waals surface area (Å²) in [5, 5.41) is 7.44. The fourth-order valence-corrected chi connectivity index (χ4v) is 3.33. The van der Waals surface area contributed by atoms with Crippen LogP contribution >= 0.6 is 0 Å². The molecule has 1 aromatic heterocycles. The van der Waals surface area contributed by atoms with Gasteiger partial charge in [0, 0.05) is 6.42 Å². The number of rotatable bonds is 7. The quantitative estimate of drug-likeness (QED) is 0.827. The van der Waals surface area contributed by atoms with E-state index >= 15 is 0 Å². The van der Waals surface area contributed by atoms with E-state index in [0.717, 1.165) is 38.8 Å². The van der Waals surface area contributed by atoms with E-state index in [4.69, 9.17) is 4.52 Å². The Morgan fingerprint density at radius 2 is 1.88 bits per heavy atom. The van der Waals surface area contributed by atoms with Gasteiger partial charge in [0.2, 0.25) is 11.8 Å². The van der Waals surface area contributed by atoms with E-state index in [9.17, 15) is 4.79 Å². The maximum atomic E-state index is 12.5. The molecule has 6 nitrogen and oxygen atoms in total. The number of hydrogen-bond donors (Lipinski definition) is 1. The molecular weight excluding hydrogens is 304 g/mol. The Balaban J connectivity index is 2.12. The van der Waals surface area contributed by atoms with Crippen molar-refractivity contribution < 1.29 is 9.32 Å². The monoisotopic (exact) mass is 336 g/mol. The highest BCUT2D eigenvalue weighted by Crippen LogP contribution is 2.37. The second-order valence-electron chi connectivity index (χ2n) is 8.05. The number of nitrogens with zero attached hydrogens (tertiary/aromatic N) is 3. The van der Waals surface area contributed by atoms with Gasteiger partial charge in [-0.25, -0.2) is 0 Å². The van der Waals surface area contributed by atoms with Crippen LogP contribution < -0.4 is 5.32 Å². The van der Waals surface area contributed by atoms with Crippen LogP contribution in [0, 0.1) is 5.41 Å². The minimum atomic E-state index is -0.451. The Kier molecular flexibility index (Phi) is 6.01. The largest absolute Gasteiger partial charge is 0.343 e. The normalized spacial score (nSPS) is 17.4. The minimum Gasteiger partial charge on any atom is -0.343 e. The number of nitrogens with one attached hydrogen (secondary N) is 1. The molecule has 6 heteroatoms. The highest BCUT2D eigenvalue weighted by atomic mass is 16.5. The summed E-state index contributed by atoms with van der Waals surface area (Å²) in [7, 11) is 0. The molecule has 0 atom stereocenters. The molecule has 0 unspecified atom stereocenters. The molecule has 0 aliphatic heterocycles. The molecule has 0 spiro atoms. The zero-order chi connectivity index (χ0) is 17.8. The summed E-state index contributed by atoms with van der Waals surface area (Å²) in [6.07, 6.45) is 4.42. The lowest BCUT2D eigenvalue weighted by Gasteiger charge is -2.28. The molecule has 0 aromatic carbocycles. The average Bonchev–Trinajstić information content (AvgIpc) is 3.12. The SMILES string of the molecule is CCN(CC)Cc1nc(C2(NC(=O)CC(C)(C)C)CCCC2)no1. The standard InChI is InChI=1S/C18H32N4O2/c1-6-22(7-2)13-15-19-16(21-24-15)18(10-8-9-11-18)20-14(23)12-17(3,4)5/h6-13H2,1-5H3,(H,20,23). The smallest absolute Gasteiger partial charge is 0.240 e. The van der Waals surface area contributed by atoms with Crippen molar-refractivity contribution in [3.8, 4) is 0 Å². The van der Waals surface area contributed by atoms with Crippen molar-refractivity contribution in [2.24, 2.45) is 5.41 Å². The van der Waals surface area contributed by atoms with Crippen molar-refractivity contribution in [2.45, 2.75) is 78.8 Å². The molecule has 0 bridgehead atoms. The van der Waals surface area contributed by atoms with Crippen LogP contribution in [0.3, 0.4) is 0 Å². The van der Waals surface area contributed by atoms with Gasteiger partial charge in [-0.1, -0.05) is 52.6 Å². The van der Waals surface area contributed by atoms with Gasteiger partial charge in [-0.3, -0.25) is 9.69 Å². The third kappa shape index (κ3) is 4.79. The van der Waals surface area contributed by atoms with Crippen LogP contribution in [0.2, 0.25) is 0 Å². The molecule has 1 N–H and O–H groups in total. The molecule has 1 aliphatic carbocycles. The van der Waals surface area contributed by atoms with Crippen LogP contribution in [0.15, 0.2) is 4.52 Å². The first kappa shape index (κ1) is 18.9. The van der Waals surface area contributed by atoms with Gasteiger partial charge >= 0.3 is 0 Å². The van der Waals surface area contributed by atoms with Crippen LogP contribution in [0.4, 0.5) is 0 Å². The third-order valence-electron chi connectivity index (χ3n) is 4.68. The topological polar surface area (TPSA) is 71.3 Å². The molecule has 0 radical (unpaired) electrons. The van der Waals surface area contributed by atoms with Gasteiger partial charge < -0.3 is 9.84 Å². The fraction of sp³-hybridized carbons (Fsp3) is 0.833. The highest BCUT2D eigenvalue weighted by Gasteiger charge is 2.41. The summed E-state index contributed by atoms with van der Waals surface area (Å²) in [6.45, 7) is 13.0. The Hall–Kier alpha value is -1.43. The van der Waals surface area contributed by atoms with Crippen molar-refractivity contribution in [1.29, 1.82) is 0 Å². The molecular formula is C18H32N4O2. The van der Waals surface area contributed by atoms with Crippen molar-refractivity contribution >= 4 is 5.91 Å². The summed E-state index contributed by atoms with van der Waals surface area (Å²) in [6, 6.07) is 0. The van der Waals surface area contributed by atoms with Crippen LogP contribution in [-0.2, 0) is 16.9 Å². The van der Waals surface area contributed by atoms with E-state index in [-0.39, 0.29) is 11.3 Å². The first-order chi connectivity index (χ1) is 11.3. The lowest BCUT2D eigenvalue weighted by molar-refractivity contribution is -0.125. The first-order valence-corrected chi connectivity index (χ1v) is 9.14. The average molecular weight is 336 g/mol. The van der Waals surface area contributed by atoms with Gasteiger partial charge in [0.05, 0.1) is 6.54 Å². The highest BCUT2D eigenvalue weighted by molar-refractivity contribution is 5.77. The molecule has 0 saturated heterocycles. The molecule has 1 aromatic rings. The van der Waals surface area contributed by atoms with Crippen LogP contribution in [0.5, 0.6) is 0 Å². The summed E-state index contributed by atoms with van der Waals surface area (Å²) in [4.78, 5) is 19.3. The van der Waals surface area contributed by atoms with Crippen LogP contribution in [-0.4, -0.2) is 34.0 Å². The first-order valence-electron chi connectivity index (χ1n) is 9.14. The molecule has 1 saturated carbocycles. The predicted molar refractivity (Wildman–Crippen MR) is 93.3 cm³/mol. The Labute approximate surface area is 145 Å².